The maximum absolute atomic E-state index is 13.6. The van der Waals surface area contributed by atoms with Crippen LogP contribution in [0.5, 0.6) is 0 Å². The number of rotatable bonds is 7. The molecule has 1 heterocycles. The molecule has 0 saturated carbocycles. The van der Waals surface area contributed by atoms with Crippen LogP contribution in [0.15, 0.2) is 97.1 Å². The highest BCUT2D eigenvalue weighted by molar-refractivity contribution is 6.33. The van der Waals surface area contributed by atoms with Gasteiger partial charge in [0.1, 0.15) is 11.5 Å². The van der Waals surface area contributed by atoms with E-state index in [-0.39, 0.29) is 23.9 Å². The summed E-state index contributed by atoms with van der Waals surface area (Å²) < 4.78 is 15.3. The average Bonchev–Trinajstić information content (AvgIpc) is 3.28. The van der Waals surface area contributed by atoms with Crippen molar-refractivity contribution >= 4 is 28.3 Å². The van der Waals surface area contributed by atoms with E-state index in [0.29, 0.717) is 27.5 Å². The number of benzene rings is 4. The highest BCUT2D eigenvalue weighted by Gasteiger charge is 2.22. The number of hydrogen-bond donors (Lipinski definition) is 1. The highest BCUT2D eigenvalue weighted by atomic mass is 35.5. The summed E-state index contributed by atoms with van der Waals surface area (Å²) in [6, 6.07) is 28.3. The van der Waals surface area contributed by atoms with Crippen LogP contribution in [0.25, 0.3) is 27.8 Å². The van der Waals surface area contributed by atoms with Crippen molar-refractivity contribution in [1.82, 2.24) is 9.78 Å². The molecule has 0 aliphatic rings. The van der Waals surface area contributed by atoms with Gasteiger partial charge >= 0.3 is 0 Å². The monoisotopic (exact) mass is 498 g/mol. The number of carbonyl (C=O) groups is 1. The van der Waals surface area contributed by atoms with Crippen molar-refractivity contribution in [2.24, 2.45) is 5.92 Å². The fraction of sp³-hybridized carbons (Fsp3) is 0.133. The van der Waals surface area contributed by atoms with Crippen LogP contribution in [0.3, 0.4) is 0 Å². The van der Waals surface area contributed by atoms with E-state index in [1.165, 1.54) is 12.1 Å². The Hall–Kier alpha value is -3.80. The number of nitrogens with zero attached hydrogens (tertiary/aromatic N) is 2. The van der Waals surface area contributed by atoms with Gasteiger partial charge in [-0.2, -0.15) is 5.10 Å². The summed E-state index contributed by atoms with van der Waals surface area (Å²) in [6.45, 7) is 1.87. The first kappa shape index (κ1) is 23.9. The zero-order valence-electron chi connectivity index (χ0n) is 19.6. The normalized spacial score (nSPS) is 13.0. The second kappa shape index (κ2) is 10.1. The van der Waals surface area contributed by atoms with Gasteiger partial charge in [-0.15, -0.1) is 0 Å². The SMILES string of the molecule is C[C@@H](CC(=O)c1ccc2c(-c3ccccc3Cl)nn(-c3ccc(F)cc3)c2c1)[C@H](O)c1ccccc1. The van der Waals surface area contributed by atoms with Crippen molar-refractivity contribution in [3.63, 3.8) is 0 Å². The molecule has 0 amide bonds. The molecule has 0 fully saturated rings. The van der Waals surface area contributed by atoms with Gasteiger partial charge in [-0.25, -0.2) is 9.07 Å². The average molecular weight is 499 g/mol. The standard InChI is InChI=1S/C30H24ClFN2O2/c1-19(30(36)20-7-3-2-4-8-20)17-28(35)21-11-16-25-27(18-21)34(23-14-12-22(32)13-15-23)33-29(25)24-9-5-6-10-26(24)31/h2-16,18-19,30,36H,17H2,1H3/t19-,30-/m0/s1. The van der Waals surface area contributed by atoms with E-state index in [9.17, 15) is 14.3 Å². The smallest absolute Gasteiger partial charge is 0.163 e. The first-order valence-electron chi connectivity index (χ1n) is 11.7. The van der Waals surface area contributed by atoms with Crippen molar-refractivity contribution in [1.29, 1.82) is 0 Å². The number of fused-ring (bicyclic) bond motifs is 1. The third-order valence-corrected chi connectivity index (χ3v) is 6.72. The molecule has 180 valence electrons. The molecule has 1 aromatic heterocycles. The summed E-state index contributed by atoms with van der Waals surface area (Å²) in [5, 5.41) is 16.9. The van der Waals surface area contributed by atoms with Gasteiger partial charge in [-0.3, -0.25) is 4.79 Å². The molecule has 0 radical (unpaired) electrons. The number of hydrogen-bond acceptors (Lipinski definition) is 3. The van der Waals surface area contributed by atoms with Crippen molar-refractivity contribution in [2.75, 3.05) is 0 Å². The number of aliphatic hydroxyl groups excluding tert-OH is 1. The molecule has 5 aromatic rings. The molecule has 0 spiro atoms. The van der Waals surface area contributed by atoms with E-state index in [2.05, 4.69) is 0 Å². The highest BCUT2D eigenvalue weighted by Crippen LogP contribution is 2.35. The quantitative estimate of drug-likeness (QED) is 0.237. The van der Waals surface area contributed by atoms with Gasteiger partial charge < -0.3 is 5.11 Å². The Morgan fingerprint density at radius 1 is 0.972 bits per heavy atom. The van der Waals surface area contributed by atoms with Crippen LogP contribution in [-0.2, 0) is 0 Å². The van der Waals surface area contributed by atoms with E-state index in [0.717, 1.165) is 16.5 Å². The Labute approximate surface area is 213 Å². The summed E-state index contributed by atoms with van der Waals surface area (Å²) in [5.74, 6) is -0.690. The van der Waals surface area contributed by atoms with Crippen LogP contribution in [0.1, 0.15) is 35.4 Å². The van der Waals surface area contributed by atoms with Gasteiger partial charge in [-0.05, 0) is 53.9 Å². The molecule has 5 rings (SSSR count). The minimum absolute atomic E-state index is 0.0782. The lowest BCUT2D eigenvalue weighted by Gasteiger charge is -2.18. The maximum Gasteiger partial charge on any atom is 0.163 e. The molecule has 0 unspecified atom stereocenters. The van der Waals surface area contributed by atoms with E-state index in [4.69, 9.17) is 16.7 Å². The molecule has 0 aliphatic carbocycles. The van der Waals surface area contributed by atoms with Crippen LogP contribution >= 0.6 is 11.6 Å². The second-order valence-corrected chi connectivity index (χ2v) is 9.32. The predicted octanol–water partition coefficient (Wildman–Crippen LogP) is 7.43. The van der Waals surface area contributed by atoms with Crippen LogP contribution < -0.4 is 0 Å². The molecule has 0 saturated heterocycles. The van der Waals surface area contributed by atoms with Crippen LogP contribution in [0, 0.1) is 11.7 Å². The minimum Gasteiger partial charge on any atom is -0.388 e. The number of carbonyl (C=O) groups excluding carboxylic acids is 1. The van der Waals surface area contributed by atoms with E-state index in [1.807, 2.05) is 61.5 Å². The Bertz CT molecular complexity index is 1530. The first-order chi connectivity index (χ1) is 17.4. The van der Waals surface area contributed by atoms with Crippen molar-refractivity contribution in [3.8, 4) is 16.9 Å². The third-order valence-electron chi connectivity index (χ3n) is 6.39. The summed E-state index contributed by atoms with van der Waals surface area (Å²) >= 11 is 6.48. The first-order valence-corrected chi connectivity index (χ1v) is 12.1. The number of aromatic nitrogens is 2. The number of ketones is 1. The van der Waals surface area contributed by atoms with E-state index >= 15 is 0 Å². The molecule has 36 heavy (non-hydrogen) atoms. The summed E-state index contributed by atoms with van der Waals surface area (Å²) in [4.78, 5) is 13.2. The molecule has 4 aromatic carbocycles. The molecule has 4 nitrogen and oxygen atoms in total. The Morgan fingerprint density at radius 3 is 2.39 bits per heavy atom. The molecular formula is C30H24ClFN2O2. The lowest BCUT2D eigenvalue weighted by molar-refractivity contribution is 0.0828. The summed E-state index contributed by atoms with van der Waals surface area (Å²) in [7, 11) is 0. The molecule has 6 heteroatoms. The molecule has 1 N–H and O–H groups in total. The maximum atomic E-state index is 13.6. The Balaban J connectivity index is 1.54. The molecule has 0 bridgehead atoms. The van der Waals surface area contributed by atoms with E-state index in [1.54, 1.807) is 35.0 Å². The van der Waals surface area contributed by atoms with Gasteiger partial charge in [0.25, 0.3) is 0 Å². The van der Waals surface area contributed by atoms with Gasteiger partial charge in [0.05, 0.1) is 22.3 Å². The fourth-order valence-corrected chi connectivity index (χ4v) is 4.65. The zero-order chi connectivity index (χ0) is 25.2. The van der Waals surface area contributed by atoms with Gasteiger partial charge in [0.15, 0.2) is 5.78 Å². The third kappa shape index (κ3) is 4.68. The lowest BCUT2D eigenvalue weighted by Crippen LogP contribution is -2.14. The second-order valence-electron chi connectivity index (χ2n) is 8.91. The number of aliphatic hydroxyl groups is 1. The van der Waals surface area contributed by atoms with Crippen LogP contribution in [0.4, 0.5) is 4.39 Å². The minimum atomic E-state index is -0.740. The van der Waals surface area contributed by atoms with Gasteiger partial charge in [-0.1, -0.05) is 73.1 Å². The van der Waals surface area contributed by atoms with Gasteiger partial charge in [0, 0.05) is 22.9 Å². The Kier molecular flexibility index (Phi) is 6.68. The van der Waals surface area contributed by atoms with Crippen molar-refractivity contribution in [2.45, 2.75) is 19.4 Å². The largest absolute Gasteiger partial charge is 0.388 e. The fourth-order valence-electron chi connectivity index (χ4n) is 4.42. The topological polar surface area (TPSA) is 55.1 Å². The number of Topliss-reactive ketones (excluding diaryl/α,β-unsaturated/α-hetero) is 1. The van der Waals surface area contributed by atoms with Crippen LogP contribution in [0.2, 0.25) is 5.02 Å². The summed E-state index contributed by atoms with van der Waals surface area (Å²) in [5.41, 5.74) is 4.11. The van der Waals surface area contributed by atoms with Crippen LogP contribution in [-0.4, -0.2) is 20.7 Å². The van der Waals surface area contributed by atoms with Crippen molar-refractivity contribution < 1.29 is 14.3 Å². The Morgan fingerprint density at radius 2 is 1.67 bits per heavy atom. The lowest BCUT2D eigenvalue weighted by atomic mass is 9.91. The number of halogens is 2. The summed E-state index contributed by atoms with van der Waals surface area (Å²) in [6.07, 6.45) is -0.556. The van der Waals surface area contributed by atoms with Gasteiger partial charge in [0.2, 0.25) is 0 Å². The van der Waals surface area contributed by atoms with E-state index < -0.39 is 6.10 Å². The van der Waals surface area contributed by atoms with Crippen molar-refractivity contribution in [3.05, 3.63) is 119 Å². The molecule has 0 aliphatic heterocycles. The zero-order valence-corrected chi connectivity index (χ0v) is 20.4. The molecular weight excluding hydrogens is 475 g/mol. The predicted molar refractivity (Wildman–Crippen MR) is 141 cm³/mol. The molecule has 2 atom stereocenters.